The Balaban J connectivity index is 1.45. The van der Waals surface area contributed by atoms with Crippen molar-refractivity contribution in [3.63, 3.8) is 0 Å². The lowest BCUT2D eigenvalue weighted by Gasteiger charge is -2.36. The van der Waals surface area contributed by atoms with Crippen LogP contribution in [0.5, 0.6) is 11.5 Å². The average molecular weight is 476 g/mol. The molecule has 1 atom stereocenters. The molecule has 1 fully saturated rings. The maximum absolute atomic E-state index is 13.9. The molecule has 4 rings (SSSR count). The first kappa shape index (κ1) is 23.8. The van der Waals surface area contributed by atoms with E-state index in [1.807, 2.05) is 6.07 Å². The van der Waals surface area contributed by atoms with Crippen LogP contribution < -0.4 is 4.74 Å². The SMILES string of the molecule is C=CC(=O)N1CCCC(C(=O)N2CCc3ccc(Oc4ccc(C(F)(F)F)c(F)c4)cc3C2)C1. The normalized spacial score (nSPS) is 18.3. The second kappa shape index (κ2) is 9.48. The molecule has 0 radical (unpaired) electrons. The van der Waals surface area contributed by atoms with E-state index >= 15 is 0 Å². The van der Waals surface area contributed by atoms with Gasteiger partial charge in [-0.15, -0.1) is 0 Å². The number of nitrogens with zero attached hydrogens (tertiary/aromatic N) is 2. The molecule has 0 aromatic heterocycles. The smallest absolute Gasteiger partial charge is 0.419 e. The van der Waals surface area contributed by atoms with Crippen molar-refractivity contribution in [3.8, 4) is 11.5 Å². The van der Waals surface area contributed by atoms with Crippen LogP contribution >= 0.6 is 0 Å². The molecule has 180 valence electrons. The number of carbonyl (C=O) groups excluding carboxylic acids is 2. The van der Waals surface area contributed by atoms with E-state index in [-0.39, 0.29) is 23.5 Å². The summed E-state index contributed by atoms with van der Waals surface area (Å²) < 4.78 is 57.8. The number of amides is 2. The van der Waals surface area contributed by atoms with E-state index in [4.69, 9.17) is 4.74 Å². The van der Waals surface area contributed by atoms with Crippen molar-refractivity contribution in [2.24, 2.45) is 5.92 Å². The molecular formula is C25H24F4N2O3. The number of carbonyl (C=O) groups is 2. The highest BCUT2D eigenvalue weighted by Gasteiger charge is 2.34. The lowest BCUT2D eigenvalue weighted by atomic mass is 9.93. The Bertz CT molecular complexity index is 1120. The summed E-state index contributed by atoms with van der Waals surface area (Å²) in [5, 5.41) is 0. The van der Waals surface area contributed by atoms with Gasteiger partial charge in [-0.3, -0.25) is 9.59 Å². The summed E-state index contributed by atoms with van der Waals surface area (Å²) in [6.07, 6.45) is -1.40. The Morgan fingerprint density at radius 3 is 2.47 bits per heavy atom. The molecule has 2 heterocycles. The minimum Gasteiger partial charge on any atom is -0.457 e. The third kappa shape index (κ3) is 5.08. The van der Waals surface area contributed by atoms with Crippen molar-refractivity contribution in [1.29, 1.82) is 0 Å². The first-order chi connectivity index (χ1) is 16.2. The summed E-state index contributed by atoms with van der Waals surface area (Å²) in [4.78, 5) is 28.5. The molecule has 2 amide bonds. The van der Waals surface area contributed by atoms with Crippen LogP contribution in [0.3, 0.4) is 0 Å². The van der Waals surface area contributed by atoms with Gasteiger partial charge in [0.15, 0.2) is 0 Å². The molecule has 0 N–H and O–H groups in total. The first-order valence-electron chi connectivity index (χ1n) is 11.0. The van der Waals surface area contributed by atoms with E-state index in [0.717, 1.165) is 23.6 Å². The molecule has 2 aromatic carbocycles. The van der Waals surface area contributed by atoms with Gasteiger partial charge in [-0.1, -0.05) is 12.6 Å². The third-order valence-corrected chi connectivity index (χ3v) is 6.24. The molecule has 0 aliphatic carbocycles. The monoisotopic (exact) mass is 476 g/mol. The lowest BCUT2D eigenvalue weighted by Crippen LogP contribution is -2.47. The minimum absolute atomic E-state index is 0.0108. The number of halogens is 4. The Labute approximate surface area is 194 Å². The van der Waals surface area contributed by atoms with E-state index in [1.54, 1.807) is 21.9 Å². The Kier molecular flexibility index (Phi) is 6.63. The van der Waals surface area contributed by atoms with Crippen molar-refractivity contribution >= 4 is 11.8 Å². The van der Waals surface area contributed by atoms with Crippen molar-refractivity contribution in [3.05, 3.63) is 71.6 Å². The number of alkyl halides is 3. The zero-order valence-corrected chi connectivity index (χ0v) is 18.4. The maximum Gasteiger partial charge on any atom is 0.419 e. The van der Waals surface area contributed by atoms with Gasteiger partial charge in [0.25, 0.3) is 0 Å². The molecule has 2 aliphatic heterocycles. The average Bonchev–Trinajstić information content (AvgIpc) is 2.82. The summed E-state index contributed by atoms with van der Waals surface area (Å²) in [6.45, 7) is 5.41. The molecule has 9 heteroatoms. The molecule has 0 spiro atoms. The van der Waals surface area contributed by atoms with Crippen molar-refractivity contribution in [1.82, 2.24) is 9.80 Å². The Morgan fingerprint density at radius 1 is 1.03 bits per heavy atom. The Morgan fingerprint density at radius 2 is 1.76 bits per heavy atom. The van der Waals surface area contributed by atoms with Crippen molar-refractivity contribution in [2.75, 3.05) is 19.6 Å². The van der Waals surface area contributed by atoms with Gasteiger partial charge < -0.3 is 14.5 Å². The molecule has 5 nitrogen and oxygen atoms in total. The standard InChI is InChI=1S/C25H24F4N2O3/c1-2-23(32)30-10-3-4-17(14-30)24(33)31-11-9-16-5-6-19(12-18(16)15-31)34-20-7-8-21(22(26)13-20)25(27,28)29/h2,5-8,12-13,17H,1,3-4,9-11,14-15H2. The first-order valence-corrected chi connectivity index (χ1v) is 11.0. The second-order valence-electron chi connectivity index (χ2n) is 8.51. The molecule has 2 aliphatic rings. The van der Waals surface area contributed by atoms with Gasteiger partial charge in [-0.2, -0.15) is 13.2 Å². The maximum atomic E-state index is 13.9. The third-order valence-electron chi connectivity index (χ3n) is 6.24. The van der Waals surface area contributed by atoms with Gasteiger partial charge in [0.2, 0.25) is 11.8 Å². The fourth-order valence-electron chi connectivity index (χ4n) is 4.48. The number of piperidine rings is 1. The highest BCUT2D eigenvalue weighted by atomic mass is 19.4. The summed E-state index contributed by atoms with van der Waals surface area (Å²) in [5.41, 5.74) is 0.553. The zero-order valence-electron chi connectivity index (χ0n) is 18.4. The molecule has 1 saturated heterocycles. The van der Waals surface area contributed by atoms with E-state index in [9.17, 15) is 27.2 Å². The quantitative estimate of drug-likeness (QED) is 0.464. The van der Waals surface area contributed by atoms with E-state index in [0.29, 0.717) is 56.9 Å². The van der Waals surface area contributed by atoms with Crippen molar-refractivity contribution in [2.45, 2.75) is 32.0 Å². The van der Waals surface area contributed by atoms with Gasteiger partial charge in [0, 0.05) is 32.2 Å². The molecule has 2 aromatic rings. The highest BCUT2D eigenvalue weighted by Crippen LogP contribution is 2.34. The molecule has 1 unspecified atom stereocenters. The van der Waals surface area contributed by atoms with E-state index < -0.39 is 17.6 Å². The summed E-state index contributed by atoms with van der Waals surface area (Å²) in [6, 6.07) is 7.66. The molecule has 0 saturated carbocycles. The number of benzene rings is 2. The summed E-state index contributed by atoms with van der Waals surface area (Å²) in [5.74, 6) is -1.58. The number of rotatable bonds is 4. The van der Waals surface area contributed by atoms with Crippen LogP contribution in [-0.2, 0) is 28.7 Å². The summed E-state index contributed by atoms with van der Waals surface area (Å²) in [7, 11) is 0. The predicted molar refractivity (Wildman–Crippen MR) is 117 cm³/mol. The van der Waals surface area contributed by atoms with E-state index in [1.165, 1.54) is 6.08 Å². The van der Waals surface area contributed by atoms with Gasteiger partial charge in [0.1, 0.15) is 17.3 Å². The molecule has 34 heavy (non-hydrogen) atoms. The topological polar surface area (TPSA) is 49.9 Å². The van der Waals surface area contributed by atoms with Crippen LogP contribution in [0.25, 0.3) is 0 Å². The molecular weight excluding hydrogens is 452 g/mol. The summed E-state index contributed by atoms with van der Waals surface area (Å²) >= 11 is 0. The van der Waals surface area contributed by atoms with Crippen LogP contribution in [0.1, 0.15) is 29.5 Å². The Hall–Kier alpha value is -3.36. The highest BCUT2D eigenvalue weighted by molar-refractivity contribution is 5.88. The van der Waals surface area contributed by atoms with Crippen LogP contribution in [0, 0.1) is 11.7 Å². The fourth-order valence-corrected chi connectivity index (χ4v) is 4.48. The van der Waals surface area contributed by atoms with Gasteiger partial charge in [-0.25, -0.2) is 4.39 Å². The van der Waals surface area contributed by atoms with Crippen LogP contribution in [0.4, 0.5) is 17.6 Å². The molecule has 0 bridgehead atoms. The van der Waals surface area contributed by atoms with Gasteiger partial charge in [-0.05, 0) is 60.7 Å². The predicted octanol–water partition coefficient (Wildman–Crippen LogP) is 4.95. The largest absolute Gasteiger partial charge is 0.457 e. The van der Waals surface area contributed by atoms with Gasteiger partial charge >= 0.3 is 6.18 Å². The van der Waals surface area contributed by atoms with E-state index in [2.05, 4.69) is 6.58 Å². The number of ether oxygens (including phenoxy) is 1. The van der Waals surface area contributed by atoms with Crippen molar-refractivity contribution < 1.29 is 31.9 Å². The second-order valence-corrected chi connectivity index (χ2v) is 8.51. The number of likely N-dealkylation sites (tertiary alicyclic amines) is 1. The van der Waals surface area contributed by atoms with Crippen LogP contribution in [0.15, 0.2) is 49.1 Å². The number of hydrogen-bond acceptors (Lipinski definition) is 3. The zero-order chi connectivity index (χ0) is 24.5. The van der Waals surface area contributed by atoms with Crippen LogP contribution in [-0.4, -0.2) is 41.2 Å². The fraction of sp³-hybridized carbons (Fsp3) is 0.360. The van der Waals surface area contributed by atoms with Crippen LogP contribution in [0.2, 0.25) is 0 Å². The minimum atomic E-state index is -4.78. The lowest BCUT2D eigenvalue weighted by molar-refractivity contribution is -0.141. The number of hydrogen-bond donors (Lipinski definition) is 0. The number of fused-ring (bicyclic) bond motifs is 1. The van der Waals surface area contributed by atoms with Gasteiger partial charge in [0.05, 0.1) is 11.5 Å².